The molecule has 0 aliphatic carbocycles. The van der Waals surface area contributed by atoms with E-state index in [1.807, 2.05) is 13.8 Å². The summed E-state index contributed by atoms with van der Waals surface area (Å²) in [4.78, 5) is 8.81. The smallest absolute Gasteiger partial charge is 0.137 e. The summed E-state index contributed by atoms with van der Waals surface area (Å²) in [7, 11) is 0. The van der Waals surface area contributed by atoms with E-state index >= 15 is 0 Å². The van der Waals surface area contributed by atoms with Crippen molar-refractivity contribution >= 4 is 17.4 Å². The van der Waals surface area contributed by atoms with Gasteiger partial charge < -0.3 is 10.1 Å². The second kappa shape index (κ2) is 6.53. The van der Waals surface area contributed by atoms with Crippen LogP contribution in [0.2, 0.25) is 5.15 Å². The second-order valence-electron chi connectivity index (χ2n) is 5.14. The van der Waals surface area contributed by atoms with E-state index in [2.05, 4.69) is 22.2 Å². The number of aryl methyl sites for hydroxylation is 1. The molecule has 1 N–H and O–H groups in total. The zero-order valence-electron chi connectivity index (χ0n) is 11.9. The molecule has 0 radical (unpaired) electrons. The third kappa shape index (κ3) is 3.57. The molecule has 2 heterocycles. The highest BCUT2D eigenvalue weighted by atomic mass is 35.5. The standard InChI is InChI=1S/C14H22ClN3O/c1-4-12-17-13(15)9(2)14(18-12)16-10(3)11-5-7-19-8-6-11/h10-11H,4-8H2,1-3H3,(H,16,17,18). The molecule has 106 valence electrons. The zero-order chi connectivity index (χ0) is 13.8. The van der Waals surface area contributed by atoms with Crippen molar-refractivity contribution in [1.29, 1.82) is 0 Å². The lowest BCUT2D eigenvalue weighted by molar-refractivity contribution is 0.0622. The molecule has 1 unspecified atom stereocenters. The zero-order valence-corrected chi connectivity index (χ0v) is 12.6. The van der Waals surface area contributed by atoms with E-state index in [1.165, 1.54) is 0 Å². The quantitative estimate of drug-likeness (QED) is 0.862. The highest BCUT2D eigenvalue weighted by Crippen LogP contribution is 2.25. The Morgan fingerprint density at radius 1 is 1.37 bits per heavy atom. The predicted octanol–water partition coefficient (Wildman–Crippen LogP) is 3.23. The van der Waals surface area contributed by atoms with Crippen LogP contribution >= 0.6 is 11.6 Å². The number of nitrogens with one attached hydrogen (secondary N) is 1. The monoisotopic (exact) mass is 283 g/mol. The fourth-order valence-corrected chi connectivity index (χ4v) is 2.57. The third-order valence-electron chi connectivity index (χ3n) is 3.79. The van der Waals surface area contributed by atoms with Crippen LogP contribution in [0.25, 0.3) is 0 Å². The average molecular weight is 284 g/mol. The Kier molecular flexibility index (Phi) is 4.99. The van der Waals surface area contributed by atoms with Crippen molar-refractivity contribution in [3.63, 3.8) is 0 Å². The number of ether oxygens (including phenoxy) is 1. The van der Waals surface area contributed by atoms with Gasteiger partial charge in [0, 0.05) is 31.2 Å². The summed E-state index contributed by atoms with van der Waals surface area (Å²) in [5.41, 5.74) is 0.928. The van der Waals surface area contributed by atoms with Gasteiger partial charge in [-0.2, -0.15) is 0 Å². The van der Waals surface area contributed by atoms with Gasteiger partial charge in [-0.3, -0.25) is 0 Å². The summed E-state index contributed by atoms with van der Waals surface area (Å²) >= 11 is 6.16. The molecule has 1 fully saturated rings. The van der Waals surface area contributed by atoms with Gasteiger partial charge in [0.15, 0.2) is 0 Å². The van der Waals surface area contributed by atoms with Crippen molar-refractivity contribution in [2.45, 2.75) is 46.1 Å². The van der Waals surface area contributed by atoms with Crippen LogP contribution in [-0.2, 0) is 11.2 Å². The maximum Gasteiger partial charge on any atom is 0.137 e. The van der Waals surface area contributed by atoms with Crippen LogP contribution in [0.4, 0.5) is 5.82 Å². The average Bonchev–Trinajstić information content (AvgIpc) is 2.44. The summed E-state index contributed by atoms with van der Waals surface area (Å²) in [5.74, 6) is 2.29. The molecule has 4 nitrogen and oxygen atoms in total. The van der Waals surface area contributed by atoms with Gasteiger partial charge in [-0.15, -0.1) is 0 Å². The summed E-state index contributed by atoms with van der Waals surface area (Å²) in [5, 5.41) is 4.05. The van der Waals surface area contributed by atoms with Gasteiger partial charge in [0.05, 0.1) is 0 Å². The molecule has 0 aromatic carbocycles. The molecule has 2 rings (SSSR count). The SMILES string of the molecule is CCc1nc(Cl)c(C)c(NC(C)C2CCOCC2)n1. The lowest BCUT2D eigenvalue weighted by Gasteiger charge is -2.29. The maximum absolute atomic E-state index is 6.16. The molecule has 1 aliphatic heterocycles. The van der Waals surface area contributed by atoms with Gasteiger partial charge in [0.25, 0.3) is 0 Å². The van der Waals surface area contributed by atoms with Crippen LogP contribution in [0.3, 0.4) is 0 Å². The molecule has 1 atom stereocenters. The highest BCUT2D eigenvalue weighted by Gasteiger charge is 2.21. The molecular weight excluding hydrogens is 262 g/mol. The summed E-state index contributed by atoms with van der Waals surface area (Å²) in [6.45, 7) is 7.92. The van der Waals surface area contributed by atoms with Crippen molar-refractivity contribution in [1.82, 2.24) is 9.97 Å². The molecular formula is C14H22ClN3O. The van der Waals surface area contributed by atoms with Gasteiger partial charge in [-0.25, -0.2) is 9.97 Å². The topological polar surface area (TPSA) is 47.0 Å². The summed E-state index contributed by atoms with van der Waals surface area (Å²) < 4.78 is 5.40. The number of hydrogen-bond donors (Lipinski definition) is 1. The Bertz CT molecular complexity index is 433. The highest BCUT2D eigenvalue weighted by molar-refractivity contribution is 6.30. The molecule has 0 amide bonds. The number of rotatable bonds is 4. The number of anilines is 1. The minimum atomic E-state index is 0.373. The number of hydrogen-bond acceptors (Lipinski definition) is 4. The van der Waals surface area contributed by atoms with Gasteiger partial charge in [0.1, 0.15) is 16.8 Å². The fraction of sp³-hybridized carbons (Fsp3) is 0.714. The van der Waals surface area contributed by atoms with Gasteiger partial charge in [-0.1, -0.05) is 18.5 Å². The van der Waals surface area contributed by atoms with Gasteiger partial charge >= 0.3 is 0 Å². The van der Waals surface area contributed by atoms with Crippen LogP contribution in [0.15, 0.2) is 0 Å². The van der Waals surface area contributed by atoms with Crippen LogP contribution in [0.1, 0.15) is 38.1 Å². The minimum absolute atomic E-state index is 0.373. The van der Waals surface area contributed by atoms with E-state index in [4.69, 9.17) is 16.3 Å². The van der Waals surface area contributed by atoms with Crippen molar-refractivity contribution in [2.24, 2.45) is 5.92 Å². The molecule has 19 heavy (non-hydrogen) atoms. The molecule has 5 heteroatoms. The summed E-state index contributed by atoms with van der Waals surface area (Å²) in [6.07, 6.45) is 3.00. The lowest BCUT2D eigenvalue weighted by atomic mass is 9.93. The largest absolute Gasteiger partial charge is 0.381 e. The third-order valence-corrected chi connectivity index (χ3v) is 4.15. The lowest BCUT2D eigenvalue weighted by Crippen LogP contribution is -2.31. The van der Waals surface area contributed by atoms with Crippen LogP contribution in [-0.4, -0.2) is 29.2 Å². The van der Waals surface area contributed by atoms with Crippen molar-refractivity contribution in [3.8, 4) is 0 Å². The molecule has 1 aliphatic rings. The van der Waals surface area contributed by atoms with E-state index in [-0.39, 0.29) is 0 Å². The fourth-order valence-electron chi connectivity index (χ4n) is 2.38. The first-order chi connectivity index (χ1) is 9.11. The second-order valence-corrected chi connectivity index (χ2v) is 5.50. The molecule has 0 bridgehead atoms. The molecule has 0 saturated carbocycles. The van der Waals surface area contributed by atoms with E-state index in [0.29, 0.717) is 17.1 Å². The molecule has 1 aromatic rings. The Morgan fingerprint density at radius 2 is 2.05 bits per heavy atom. The molecule has 1 saturated heterocycles. The normalized spacial score (nSPS) is 18.3. The Balaban J connectivity index is 2.11. The number of halogens is 1. The van der Waals surface area contributed by atoms with Gasteiger partial charge in [0.2, 0.25) is 0 Å². The van der Waals surface area contributed by atoms with Crippen molar-refractivity contribution < 1.29 is 4.74 Å². The Hall–Kier alpha value is -0.870. The first-order valence-corrected chi connectivity index (χ1v) is 7.37. The van der Waals surface area contributed by atoms with E-state index in [0.717, 1.165) is 49.7 Å². The van der Waals surface area contributed by atoms with Crippen molar-refractivity contribution in [2.75, 3.05) is 18.5 Å². The Morgan fingerprint density at radius 3 is 2.68 bits per heavy atom. The predicted molar refractivity (Wildman–Crippen MR) is 77.8 cm³/mol. The summed E-state index contributed by atoms with van der Waals surface area (Å²) in [6, 6.07) is 0.373. The van der Waals surface area contributed by atoms with E-state index < -0.39 is 0 Å². The minimum Gasteiger partial charge on any atom is -0.381 e. The first kappa shape index (κ1) is 14.5. The molecule has 0 spiro atoms. The number of nitrogens with zero attached hydrogens (tertiary/aromatic N) is 2. The maximum atomic E-state index is 6.16. The molecule has 1 aromatic heterocycles. The van der Waals surface area contributed by atoms with Crippen LogP contribution in [0, 0.1) is 12.8 Å². The van der Waals surface area contributed by atoms with E-state index in [1.54, 1.807) is 0 Å². The van der Waals surface area contributed by atoms with E-state index in [9.17, 15) is 0 Å². The van der Waals surface area contributed by atoms with Gasteiger partial charge in [-0.05, 0) is 32.6 Å². The Labute approximate surface area is 119 Å². The van der Waals surface area contributed by atoms with Crippen LogP contribution in [0.5, 0.6) is 0 Å². The number of aromatic nitrogens is 2. The first-order valence-electron chi connectivity index (χ1n) is 6.99. The van der Waals surface area contributed by atoms with Crippen LogP contribution < -0.4 is 5.32 Å². The van der Waals surface area contributed by atoms with Crippen molar-refractivity contribution in [3.05, 3.63) is 16.5 Å².